The van der Waals surface area contributed by atoms with Crippen molar-refractivity contribution in [3.63, 3.8) is 0 Å². The number of nitrogens with one attached hydrogen (secondary N) is 2. The van der Waals surface area contributed by atoms with Gasteiger partial charge in [-0.3, -0.25) is 4.68 Å². The van der Waals surface area contributed by atoms with Gasteiger partial charge in [0.1, 0.15) is 5.75 Å². The van der Waals surface area contributed by atoms with Crippen LogP contribution >= 0.6 is 39.1 Å². The summed E-state index contributed by atoms with van der Waals surface area (Å²) in [6.07, 6.45) is 1.73. The van der Waals surface area contributed by atoms with Crippen LogP contribution in [0.2, 0.25) is 10.0 Å². The summed E-state index contributed by atoms with van der Waals surface area (Å²) < 4.78 is 7.89. The first kappa shape index (κ1) is 23.2. The van der Waals surface area contributed by atoms with Crippen LogP contribution in [0.4, 0.5) is 16.2 Å². The molecule has 2 amide bonds. The number of rotatable bonds is 5. The monoisotopic (exact) mass is 544 g/mol. The number of carbonyl (C=O) groups is 1. The first-order valence-electron chi connectivity index (χ1n) is 9.84. The fraction of sp³-hybridized carbons (Fsp3) is 0.0833. The molecule has 168 valence electrons. The Kier molecular flexibility index (Phi) is 6.93. The molecule has 0 aliphatic rings. The summed E-state index contributed by atoms with van der Waals surface area (Å²) in [5.41, 5.74) is 4.72. The largest absolute Gasteiger partial charge is 0.497 e. The minimum atomic E-state index is -0.430. The number of urea groups is 1. The van der Waals surface area contributed by atoms with E-state index in [0.29, 0.717) is 21.4 Å². The highest BCUT2D eigenvalue weighted by Crippen LogP contribution is 2.34. The highest BCUT2D eigenvalue weighted by Gasteiger charge is 2.14. The van der Waals surface area contributed by atoms with Crippen molar-refractivity contribution in [1.29, 1.82) is 0 Å². The lowest BCUT2D eigenvalue weighted by Gasteiger charge is -2.14. The van der Waals surface area contributed by atoms with E-state index < -0.39 is 6.03 Å². The first-order valence-corrected chi connectivity index (χ1v) is 11.4. The molecule has 1 aromatic heterocycles. The van der Waals surface area contributed by atoms with Gasteiger partial charge in [0.05, 0.1) is 34.2 Å². The number of aromatic nitrogens is 2. The lowest BCUT2D eigenvalue weighted by molar-refractivity contribution is 0.262. The normalized spacial score (nSPS) is 10.7. The van der Waals surface area contributed by atoms with Crippen molar-refractivity contribution in [2.24, 2.45) is 7.05 Å². The molecule has 9 heteroatoms. The third kappa shape index (κ3) is 5.33. The Hall–Kier alpha value is -3.00. The minimum Gasteiger partial charge on any atom is -0.497 e. The standard InChI is InChI=1S/C24H19BrCl2N4O2/c1-31-23(20(25)13-28-31)16-9-15(14-3-6-19(33-2)7-4-14)10-18(11-16)29-24(32)30-22-8-5-17(26)12-21(22)27/h3-13H,1-2H3,(H2,29,30,32). The Morgan fingerprint density at radius 3 is 2.33 bits per heavy atom. The van der Waals surface area contributed by atoms with Gasteiger partial charge in [-0.05, 0) is 75.6 Å². The molecule has 0 fully saturated rings. The maximum Gasteiger partial charge on any atom is 0.323 e. The van der Waals surface area contributed by atoms with Crippen molar-refractivity contribution in [3.8, 4) is 28.1 Å². The molecular formula is C24H19BrCl2N4O2. The Balaban J connectivity index is 1.70. The number of hydrogen-bond acceptors (Lipinski definition) is 3. The van der Waals surface area contributed by atoms with Gasteiger partial charge in [0.2, 0.25) is 0 Å². The number of methoxy groups -OCH3 is 1. The molecule has 0 atom stereocenters. The molecule has 33 heavy (non-hydrogen) atoms. The smallest absolute Gasteiger partial charge is 0.323 e. The molecule has 2 N–H and O–H groups in total. The van der Waals surface area contributed by atoms with E-state index in [1.165, 1.54) is 0 Å². The summed E-state index contributed by atoms with van der Waals surface area (Å²) in [4.78, 5) is 12.7. The summed E-state index contributed by atoms with van der Waals surface area (Å²) in [6, 6.07) is 18.0. The number of anilines is 2. The highest BCUT2D eigenvalue weighted by molar-refractivity contribution is 9.10. The number of aryl methyl sites for hydroxylation is 1. The van der Waals surface area contributed by atoms with Crippen LogP contribution in [0.15, 0.2) is 71.3 Å². The van der Waals surface area contributed by atoms with Crippen LogP contribution in [0.3, 0.4) is 0 Å². The van der Waals surface area contributed by atoms with Gasteiger partial charge in [-0.25, -0.2) is 4.79 Å². The van der Waals surface area contributed by atoms with E-state index in [4.69, 9.17) is 27.9 Å². The summed E-state index contributed by atoms with van der Waals surface area (Å²) in [6.45, 7) is 0. The number of nitrogens with zero attached hydrogens (tertiary/aromatic N) is 2. The molecule has 0 saturated heterocycles. The molecule has 0 unspecified atom stereocenters. The molecule has 4 rings (SSSR count). The number of carbonyl (C=O) groups excluding carboxylic acids is 1. The van der Waals surface area contributed by atoms with Gasteiger partial charge in [0.25, 0.3) is 0 Å². The Labute approximate surface area is 209 Å². The Morgan fingerprint density at radius 1 is 0.970 bits per heavy atom. The fourth-order valence-electron chi connectivity index (χ4n) is 3.40. The van der Waals surface area contributed by atoms with Crippen molar-refractivity contribution in [1.82, 2.24) is 9.78 Å². The van der Waals surface area contributed by atoms with Crippen molar-refractivity contribution in [3.05, 3.63) is 81.4 Å². The van der Waals surface area contributed by atoms with E-state index in [0.717, 1.165) is 32.6 Å². The quantitative estimate of drug-likeness (QED) is 0.273. The van der Waals surface area contributed by atoms with Gasteiger partial charge in [-0.15, -0.1) is 0 Å². The minimum absolute atomic E-state index is 0.351. The maximum absolute atomic E-state index is 12.7. The number of halogens is 3. The van der Waals surface area contributed by atoms with E-state index in [9.17, 15) is 4.79 Å². The van der Waals surface area contributed by atoms with Crippen molar-refractivity contribution in [2.75, 3.05) is 17.7 Å². The number of hydrogen-bond donors (Lipinski definition) is 2. The Bertz CT molecular complexity index is 1300. The predicted molar refractivity (Wildman–Crippen MR) is 137 cm³/mol. The molecule has 4 aromatic rings. The molecule has 0 aliphatic carbocycles. The van der Waals surface area contributed by atoms with Crippen LogP contribution in [0.5, 0.6) is 5.75 Å². The molecule has 3 aromatic carbocycles. The van der Waals surface area contributed by atoms with Crippen molar-refractivity contribution < 1.29 is 9.53 Å². The molecule has 6 nitrogen and oxygen atoms in total. The van der Waals surface area contributed by atoms with E-state index >= 15 is 0 Å². The van der Waals surface area contributed by atoms with Gasteiger partial charge >= 0.3 is 6.03 Å². The zero-order valence-corrected chi connectivity index (χ0v) is 20.8. The van der Waals surface area contributed by atoms with E-state index in [1.54, 1.807) is 36.2 Å². The molecule has 1 heterocycles. The van der Waals surface area contributed by atoms with Crippen molar-refractivity contribution >= 4 is 56.5 Å². The van der Waals surface area contributed by atoms with Gasteiger partial charge in [0, 0.05) is 23.3 Å². The zero-order chi connectivity index (χ0) is 23.5. The van der Waals surface area contributed by atoms with Crippen LogP contribution in [0.1, 0.15) is 0 Å². The summed E-state index contributed by atoms with van der Waals surface area (Å²) in [5.74, 6) is 0.766. The first-order chi connectivity index (χ1) is 15.8. The average molecular weight is 546 g/mol. The lowest BCUT2D eigenvalue weighted by Crippen LogP contribution is -2.19. The Morgan fingerprint density at radius 2 is 1.70 bits per heavy atom. The SMILES string of the molecule is COc1ccc(-c2cc(NC(=O)Nc3ccc(Cl)cc3Cl)cc(-c3c(Br)cnn3C)c2)cc1. The van der Waals surface area contributed by atoms with E-state index in [1.807, 2.05) is 49.5 Å². The summed E-state index contributed by atoms with van der Waals surface area (Å²) in [5, 5.41) is 10.8. The second-order valence-electron chi connectivity index (χ2n) is 7.20. The zero-order valence-electron chi connectivity index (χ0n) is 17.7. The lowest BCUT2D eigenvalue weighted by atomic mass is 10.0. The van der Waals surface area contributed by atoms with Gasteiger partial charge in [0.15, 0.2) is 0 Å². The molecule has 0 saturated carbocycles. The van der Waals surface area contributed by atoms with Gasteiger partial charge < -0.3 is 15.4 Å². The number of amides is 2. The van der Waals surface area contributed by atoms with Gasteiger partial charge in [-0.2, -0.15) is 5.10 Å². The van der Waals surface area contributed by atoms with Crippen LogP contribution in [-0.4, -0.2) is 22.9 Å². The van der Waals surface area contributed by atoms with Crippen molar-refractivity contribution in [2.45, 2.75) is 0 Å². The fourth-order valence-corrected chi connectivity index (χ4v) is 4.43. The molecular weight excluding hydrogens is 527 g/mol. The topological polar surface area (TPSA) is 68.2 Å². The summed E-state index contributed by atoms with van der Waals surface area (Å²) >= 11 is 15.7. The summed E-state index contributed by atoms with van der Waals surface area (Å²) in [7, 11) is 3.49. The molecule has 0 bridgehead atoms. The second-order valence-corrected chi connectivity index (χ2v) is 8.89. The highest BCUT2D eigenvalue weighted by atomic mass is 79.9. The van der Waals surface area contributed by atoms with Crippen LogP contribution in [0, 0.1) is 0 Å². The molecule has 0 aliphatic heterocycles. The van der Waals surface area contributed by atoms with Crippen LogP contribution in [0.25, 0.3) is 22.4 Å². The second kappa shape index (κ2) is 9.87. The maximum atomic E-state index is 12.7. The molecule has 0 radical (unpaired) electrons. The van der Waals surface area contributed by atoms with E-state index in [-0.39, 0.29) is 0 Å². The number of ether oxygens (including phenoxy) is 1. The third-order valence-electron chi connectivity index (χ3n) is 4.96. The predicted octanol–water partition coefficient (Wildman–Crippen LogP) is 7.48. The van der Waals surface area contributed by atoms with E-state index in [2.05, 4.69) is 31.7 Å². The van der Waals surface area contributed by atoms with Crippen LogP contribution in [-0.2, 0) is 7.05 Å². The molecule has 0 spiro atoms. The number of benzene rings is 3. The van der Waals surface area contributed by atoms with Gasteiger partial charge in [-0.1, -0.05) is 35.3 Å². The third-order valence-corrected chi connectivity index (χ3v) is 6.09. The average Bonchev–Trinajstić information content (AvgIpc) is 3.13. The van der Waals surface area contributed by atoms with Crippen LogP contribution < -0.4 is 15.4 Å².